The van der Waals surface area contributed by atoms with Gasteiger partial charge in [0.05, 0.1) is 6.54 Å². The number of aliphatic carboxylic acids is 1. The fourth-order valence-corrected chi connectivity index (χ4v) is 3.23. The lowest BCUT2D eigenvalue weighted by Gasteiger charge is -2.12. The molecule has 0 radical (unpaired) electrons. The summed E-state index contributed by atoms with van der Waals surface area (Å²) in [7, 11) is 0. The summed E-state index contributed by atoms with van der Waals surface area (Å²) < 4.78 is 11.0. The number of carbonyl (C=O) groups is 3. The van der Waals surface area contributed by atoms with E-state index < -0.39 is 24.3 Å². The van der Waals surface area contributed by atoms with Crippen molar-refractivity contribution in [2.75, 3.05) is 19.7 Å². The van der Waals surface area contributed by atoms with Gasteiger partial charge in [0.2, 0.25) is 5.91 Å². The molecule has 9 nitrogen and oxygen atoms in total. The Labute approximate surface area is 159 Å². The van der Waals surface area contributed by atoms with Crippen molar-refractivity contribution in [3.05, 3.63) is 39.2 Å². The predicted molar refractivity (Wildman–Crippen MR) is 98.4 cm³/mol. The molecule has 1 aliphatic carbocycles. The van der Waals surface area contributed by atoms with Gasteiger partial charge in [-0.15, -0.1) is 0 Å². The highest BCUT2D eigenvalue weighted by molar-refractivity contribution is 5.88. The second-order valence-corrected chi connectivity index (χ2v) is 6.50. The maximum Gasteiger partial charge on any atom is 0.339 e. The van der Waals surface area contributed by atoms with Gasteiger partial charge in [-0.2, -0.15) is 0 Å². The monoisotopic (exact) mass is 388 g/mol. The molecule has 0 bridgehead atoms. The summed E-state index contributed by atoms with van der Waals surface area (Å²) in [6.45, 7) is 0.538. The fourth-order valence-electron chi connectivity index (χ4n) is 3.23. The minimum Gasteiger partial charge on any atom is -0.483 e. The Bertz CT molecular complexity index is 1010. The smallest absolute Gasteiger partial charge is 0.339 e. The molecule has 3 N–H and O–H groups in total. The van der Waals surface area contributed by atoms with Crippen molar-refractivity contribution >= 4 is 28.8 Å². The Balaban J connectivity index is 1.63. The van der Waals surface area contributed by atoms with Crippen LogP contribution in [0.1, 0.15) is 23.1 Å². The van der Waals surface area contributed by atoms with E-state index in [4.69, 9.17) is 14.3 Å². The van der Waals surface area contributed by atoms with E-state index in [1.807, 2.05) is 6.07 Å². The SMILES string of the molecule is Cc1c(OCC(=O)NCC(=O)NCC(=O)O)ccc2c3c(c(=O)oc12)CCC3. The standard InChI is InChI=1S/C19H20N2O7/c1-10-14(27-9-16(23)20-7-15(22)21-8-17(24)25)6-5-12-11-3-2-4-13(11)19(26)28-18(10)12/h5-6H,2-4,7-9H2,1H3,(H,20,23)(H,21,22)(H,24,25). The molecular formula is C19H20N2O7. The Morgan fingerprint density at radius 2 is 1.82 bits per heavy atom. The first-order chi connectivity index (χ1) is 13.4. The van der Waals surface area contributed by atoms with Gasteiger partial charge >= 0.3 is 11.6 Å². The third-order valence-corrected chi connectivity index (χ3v) is 4.58. The Hall–Kier alpha value is -3.36. The molecule has 0 unspecified atom stereocenters. The summed E-state index contributed by atoms with van der Waals surface area (Å²) in [6.07, 6.45) is 2.49. The molecule has 0 fully saturated rings. The van der Waals surface area contributed by atoms with Crippen LogP contribution in [0.25, 0.3) is 11.0 Å². The number of nitrogens with one attached hydrogen (secondary N) is 2. The van der Waals surface area contributed by atoms with Crippen molar-refractivity contribution in [3.8, 4) is 5.75 Å². The van der Waals surface area contributed by atoms with Crippen LogP contribution in [0, 0.1) is 6.92 Å². The van der Waals surface area contributed by atoms with Gasteiger partial charge in [-0.05, 0) is 43.9 Å². The second-order valence-electron chi connectivity index (χ2n) is 6.50. The molecule has 0 aliphatic heterocycles. The maximum absolute atomic E-state index is 12.2. The molecule has 2 aromatic rings. The van der Waals surface area contributed by atoms with Gasteiger partial charge in [0.25, 0.3) is 5.91 Å². The number of benzene rings is 1. The van der Waals surface area contributed by atoms with E-state index in [0.29, 0.717) is 16.9 Å². The van der Waals surface area contributed by atoms with Gasteiger partial charge in [0, 0.05) is 16.5 Å². The summed E-state index contributed by atoms with van der Waals surface area (Å²) in [5.41, 5.74) is 2.51. The molecule has 148 valence electrons. The number of carboxylic acids is 1. The molecule has 0 saturated carbocycles. The summed E-state index contributed by atoms with van der Waals surface area (Å²) in [4.78, 5) is 45.7. The van der Waals surface area contributed by atoms with E-state index >= 15 is 0 Å². The molecule has 1 aliphatic rings. The lowest BCUT2D eigenvalue weighted by atomic mass is 10.0. The molecule has 2 amide bonds. The van der Waals surface area contributed by atoms with Crippen LogP contribution in [0.4, 0.5) is 0 Å². The maximum atomic E-state index is 12.2. The van der Waals surface area contributed by atoms with Crippen molar-refractivity contribution in [3.63, 3.8) is 0 Å². The van der Waals surface area contributed by atoms with Crippen LogP contribution in [0.5, 0.6) is 5.75 Å². The predicted octanol–water partition coefficient (Wildman–Crippen LogP) is 0.286. The van der Waals surface area contributed by atoms with Gasteiger partial charge in [-0.3, -0.25) is 14.4 Å². The molecular weight excluding hydrogens is 368 g/mol. The van der Waals surface area contributed by atoms with Gasteiger partial charge in [0.15, 0.2) is 6.61 Å². The van der Waals surface area contributed by atoms with Crippen LogP contribution in [-0.2, 0) is 27.2 Å². The summed E-state index contributed by atoms with van der Waals surface area (Å²) in [5, 5.41) is 13.8. The molecule has 28 heavy (non-hydrogen) atoms. The van der Waals surface area contributed by atoms with E-state index in [-0.39, 0.29) is 18.8 Å². The van der Waals surface area contributed by atoms with Gasteiger partial charge in [-0.25, -0.2) is 4.79 Å². The number of hydrogen-bond donors (Lipinski definition) is 3. The van der Waals surface area contributed by atoms with E-state index in [2.05, 4.69) is 10.6 Å². The van der Waals surface area contributed by atoms with E-state index in [0.717, 1.165) is 35.8 Å². The second kappa shape index (κ2) is 8.12. The van der Waals surface area contributed by atoms with Crippen molar-refractivity contribution in [2.45, 2.75) is 26.2 Å². The first kappa shape index (κ1) is 19.4. The van der Waals surface area contributed by atoms with Crippen molar-refractivity contribution in [2.24, 2.45) is 0 Å². The van der Waals surface area contributed by atoms with Crippen LogP contribution >= 0.6 is 0 Å². The van der Waals surface area contributed by atoms with Gasteiger partial charge in [-0.1, -0.05) is 0 Å². The van der Waals surface area contributed by atoms with Crippen LogP contribution in [0.15, 0.2) is 21.3 Å². The highest BCUT2D eigenvalue weighted by Gasteiger charge is 2.21. The molecule has 0 spiro atoms. The minimum absolute atomic E-state index is 0.328. The van der Waals surface area contributed by atoms with Crippen molar-refractivity contribution in [1.82, 2.24) is 10.6 Å². The largest absolute Gasteiger partial charge is 0.483 e. The normalized spacial score (nSPS) is 12.5. The average molecular weight is 388 g/mol. The van der Waals surface area contributed by atoms with Crippen LogP contribution in [0.3, 0.4) is 0 Å². The Kier molecular flexibility index (Phi) is 5.62. The first-order valence-corrected chi connectivity index (χ1v) is 8.83. The van der Waals surface area contributed by atoms with Crippen LogP contribution < -0.4 is 21.0 Å². The Morgan fingerprint density at radius 1 is 1.11 bits per heavy atom. The van der Waals surface area contributed by atoms with E-state index in [9.17, 15) is 19.2 Å². The number of fused-ring (bicyclic) bond motifs is 3. The molecule has 0 atom stereocenters. The van der Waals surface area contributed by atoms with Crippen LogP contribution in [-0.4, -0.2) is 42.6 Å². The molecule has 1 aromatic heterocycles. The molecule has 3 rings (SSSR count). The third kappa shape index (κ3) is 4.13. The number of carbonyl (C=O) groups excluding carboxylic acids is 2. The highest BCUT2D eigenvalue weighted by Crippen LogP contribution is 2.32. The lowest BCUT2D eigenvalue weighted by Crippen LogP contribution is -2.40. The summed E-state index contributed by atoms with van der Waals surface area (Å²) in [5.74, 6) is -1.93. The first-order valence-electron chi connectivity index (χ1n) is 8.83. The number of aryl methyl sites for hydroxylation is 2. The highest BCUT2D eigenvalue weighted by atomic mass is 16.5. The van der Waals surface area contributed by atoms with Crippen LogP contribution in [0.2, 0.25) is 0 Å². The fraction of sp³-hybridized carbons (Fsp3) is 0.368. The number of carboxylic acid groups (broad SMARTS) is 1. The molecule has 9 heteroatoms. The summed E-state index contributed by atoms with van der Waals surface area (Å²) in [6, 6.07) is 3.55. The minimum atomic E-state index is -1.17. The van der Waals surface area contributed by atoms with Crippen molar-refractivity contribution < 1.29 is 28.6 Å². The topological polar surface area (TPSA) is 135 Å². The zero-order chi connectivity index (χ0) is 20.3. The van der Waals surface area contributed by atoms with Gasteiger partial charge in [0.1, 0.15) is 17.9 Å². The molecule has 1 heterocycles. The number of rotatable bonds is 7. The zero-order valence-corrected chi connectivity index (χ0v) is 15.3. The summed E-state index contributed by atoms with van der Waals surface area (Å²) >= 11 is 0. The number of amides is 2. The molecule has 0 saturated heterocycles. The average Bonchev–Trinajstić information content (AvgIpc) is 3.15. The quantitative estimate of drug-likeness (QED) is 0.580. The Morgan fingerprint density at radius 3 is 2.57 bits per heavy atom. The van der Waals surface area contributed by atoms with E-state index in [1.165, 1.54) is 0 Å². The lowest BCUT2D eigenvalue weighted by molar-refractivity contribution is -0.137. The third-order valence-electron chi connectivity index (χ3n) is 4.58. The molecule has 1 aromatic carbocycles. The van der Waals surface area contributed by atoms with Crippen molar-refractivity contribution in [1.29, 1.82) is 0 Å². The van der Waals surface area contributed by atoms with Gasteiger partial charge < -0.3 is 24.9 Å². The van der Waals surface area contributed by atoms with E-state index in [1.54, 1.807) is 13.0 Å². The number of ether oxygens (including phenoxy) is 1. The zero-order valence-electron chi connectivity index (χ0n) is 15.3. The number of hydrogen-bond acceptors (Lipinski definition) is 6.